The van der Waals surface area contributed by atoms with Crippen molar-refractivity contribution in [1.82, 2.24) is 0 Å². The Morgan fingerprint density at radius 2 is 1.01 bits per heavy atom. The third-order valence-electron chi connectivity index (χ3n) is 20.5. The number of benzene rings is 6. The van der Waals surface area contributed by atoms with Gasteiger partial charge in [0, 0.05) is 164 Å². The third-order valence-corrected chi connectivity index (χ3v) is 20.5. The molecule has 40 heteroatoms. The van der Waals surface area contributed by atoms with E-state index in [1.165, 1.54) is 87.0 Å². The van der Waals surface area contributed by atoms with Crippen LogP contribution in [0.2, 0.25) is 0 Å². The molecular formula is C90H102N4O36. The molecule has 12 rings (SSSR count). The number of aliphatic hydroxyl groups is 6. The van der Waals surface area contributed by atoms with Gasteiger partial charge in [-0.15, -0.1) is 0 Å². The monoisotopic (exact) mass is 1810 g/mol. The average molecular weight is 1820 g/mol. The van der Waals surface area contributed by atoms with Gasteiger partial charge in [-0.2, -0.15) is 0 Å². The molecule has 6 atom stereocenters. The number of aryl methyl sites for hydroxylation is 1. The van der Waals surface area contributed by atoms with E-state index in [1.807, 2.05) is 24.8 Å². The molecule has 1 aliphatic heterocycles. The fraction of sp³-hybridized carbons (Fsp3) is 0.389. The van der Waals surface area contributed by atoms with Gasteiger partial charge in [0.15, 0.2) is 22.7 Å². The summed E-state index contributed by atoms with van der Waals surface area (Å²) in [5, 5.41) is 91.2. The minimum Gasteiger partial charge on any atom is -0.492 e. The Balaban J connectivity index is 0.000000240. The highest BCUT2D eigenvalue weighted by atomic mass is 16.6. The van der Waals surface area contributed by atoms with Crippen LogP contribution in [0.25, 0.3) is 43.9 Å². The summed E-state index contributed by atoms with van der Waals surface area (Å²) in [6, 6.07) is 24.6. The molecule has 6 N–H and O–H groups in total. The van der Waals surface area contributed by atoms with Gasteiger partial charge in [-0.3, -0.25) is 63.9 Å². The molecule has 0 saturated carbocycles. The van der Waals surface area contributed by atoms with Gasteiger partial charge in [0.05, 0.1) is 80.1 Å². The number of carbonyl (C=O) groups excluding carboxylic acids is 7. The molecule has 6 aromatic carbocycles. The van der Waals surface area contributed by atoms with Gasteiger partial charge in [-0.25, -0.2) is 19.2 Å². The fourth-order valence-corrected chi connectivity index (χ4v) is 14.8. The van der Waals surface area contributed by atoms with Crippen molar-refractivity contribution in [3.63, 3.8) is 0 Å². The van der Waals surface area contributed by atoms with Gasteiger partial charge in [-0.05, 0) is 118 Å². The lowest BCUT2D eigenvalue weighted by Crippen LogP contribution is -2.36. The number of hydrogen-bond donors (Lipinski definition) is 6. The number of esters is 7. The minimum absolute atomic E-state index is 0. The van der Waals surface area contributed by atoms with Gasteiger partial charge in [-0.1, -0.05) is 38.6 Å². The quantitative estimate of drug-likeness (QED) is 0.00732. The first-order chi connectivity index (χ1) is 61.2. The molecule has 0 radical (unpaired) electrons. The zero-order valence-corrected chi connectivity index (χ0v) is 72.8. The number of hydrogen-bond acceptors (Lipinski definition) is 37. The normalized spacial score (nSPS) is 14.0. The van der Waals surface area contributed by atoms with Gasteiger partial charge in [0.25, 0.3) is 11.4 Å². The van der Waals surface area contributed by atoms with E-state index in [2.05, 4.69) is 0 Å². The molecule has 10 aromatic rings. The number of nitrogens with zero attached hydrogens (tertiary/aromatic N) is 4. The molecule has 0 amide bonds. The predicted octanol–water partition coefficient (Wildman–Crippen LogP) is 11.5. The molecule has 5 heterocycles. The summed E-state index contributed by atoms with van der Waals surface area (Å²) in [4.78, 5) is 159. The van der Waals surface area contributed by atoms with Crippen molar-refractivity contribution < 1.29 is 139 Å². The molecule has 0 spiro atoms. The van der Waals surface area contributed by atoms with E-state index in [0.29, 0.717) is 72.2 Å². The zero-order chi connectivity index (χ0) is 95.7. The topological polar surface area (TPSA) is 577 Å². The molecule has 40 nitrogen and oxygen atoms in total. The number of anilines is 1. The van der Waals surface area contributed by atoms with Crippen LogP contribution in [-0.2, 0) is 128 Å². The largest absolute Gasteiger partial charge is 0.492 e. The Kier molecular flexibility index (Phi) is 38.7. The number of rotatable bonds is 26. The van der Waals surface area contributed by atoms with Crippen molar-refractivity contribution in [3.8, 4) is 17.2 Å². The van der Waals surface area contributed by atoms with Crippen LogP contribution in [0.4, 0.5) is 22.7 Å². The van der Waals surface area contributed by atoms with E-state index in [0.717, 1.165) is 61.3 Å². The summed E-state index contributed by atoms with van der Waals surface area (Å²) in [5.41, 5.74) is 3.70. The number of aliphatic hydroxyl groups excluding tert-OH is 6. The molecule has 0 fully saturated rings. The fourth-order valence-electron chi connectivity index (χ4n) is 14.8. The molecule has 4 aromatic heterocycles. The Morgan fingerprint density at radius 1 is 0.508 bits per heavy atom. The lowest BCUT2D eigenvalue weighted by molar-refractivity contribution is -0.388. The zero-order valence-electron chi connectivity index (χ0n) is 72.8. The van der Waals surface area contributed by atoms with Crippen molar-refractivity contribution >= 4 is 108 Å². The summed E-state index contributed by atoms with van der Waals surface area (Å²) in [5.74, 6) is -3.56. The number of nitro benzene ring substituents is 2. The van der Waals surface area contributed by atoms with Crippen LogP contribution >= 0.6 is 0 Å². The van der Waals surface area contributed by atoms with E-state index in [-0.39, 0.29) is 145 Å². The maximum absolute atomic E-state index is 12.0. The SMILES string of the molecule is C.CC(=O)OC(C)C1CCCc2cccc([N+](=O)[O-])c21.CC(=O)OC(C)C1c2cc(CO)c(CO)cc2OC(=O)C1C.CC(=O)OCc1cc(=O)oc2cc(CO)c(CO)cc12.CCN(CC)c1ccc2c(COC(C)=O)c([N+](=O)[O-])c(=O)oc2c1.COc1c(CO)cc([N+](=O)[O-])c2c(C(C)OC(C)=O)cc(=O)oc12.COc1c(CO)ccc2c(COC(C)=O)cc(=O)oc12. The molecule has 698 valence electrons. The lowest BCUT2D eigenvalue weighted by Gasteiger charge is -2.34. The van der Waals surface area contributed by atoms with Crippen molar-refractivity contribution in [1.29, 1.82) is 0 Å². The molecule has 6 unspecified atom stereocenters. The van der Waals surface area contributed by atoms with Crippen molar-refractivity contribution in [2.45, 2.75) is 199 Å². The van der Waals surface area contributed by atoms with Crippen LogP contribution in [0.5, 0.6) is 17.2 Å². The van der Waals surface area contributed by atoms with Crippen molar-refractivity contribution in [3.05, 3.63) is 241 Å². The van der Waals surface area contributed by atoms with Crippen LogP contribution in [0.1, 0.15) is 194 Å². The van der Waals surface area contributed by atoms with Crippen LogP contribution < -0.4 is 41.6 Å². The minimum atomic E-state index is -1.06. The number of methoxy groups -OCH3 is 2. The van der Waals surface area contributed by atoms with E-state index >= 15 is 0 Å². The molecule has 0 saturated heterocycles. The Labute approximate surface area is 740 Å². The first kappa shape index (κ1) is 105. The van der Waals surface area contributed by atoms with Gasteiger partial charge < -0.3 is 95.8 Å². The van der Waals surface area contributed by atoms with Crippen molar-refractivity contribution in [2.75, 3.05) is 32.2 Å². The van der Waals surface area contributed by atoms with E-state index in [4.69, 9.17) is 60.3 Å². The van der Waals surface area contributed by atoms with E-state index < -0.39 is 104 Å². The van der Waals surface area contributed by atoms with Gasteiger partial charge in [0.2, 0.25) is 0 Å². The standard InChI is InChI=1S/C16H18N2O6.C16H20O6.C15H15NO8.C14H17NO4.2C14H14O6.CH4/c1-4-17(5-2)11-6-7-12-13(9-23-10(3)19)15(18(21)22)16(20)24-14(12)8-11;1-8-15(9(2)21-10(3)19)13-4-11(6-17)12(7-18)5-14(13)22-16(8)20;1-7(23-8(2)18)10-5-12(19)24-15-13(10)11(16(20)21)4-9(6-17)14(15)22-3;1-9(19-10(2)16)12-7-3-5-11-6-4-8-13(14(11)12)15(17)18;1-8(17)19-7-11-4-14(18)20-13-3-10(6-16)9(5-15)2-12(11)13;1-8(16)19-7-10-5-12(17)20-14-11(10)4-3-9(6-15)13(14)18-2;/h6-8H,4-5,9H2,1-3H3;4-5,8-9,15,17-18H,6-7H2,1-3H3;4-5,7,17H,6H2,1-3H3;4,6,8-9,12H,3,5,7H2,1-2H3;2-4,15-16H,5-7H2,1H3;3-5,15H,6-7H2,1-2H3;1H4. The van der Waals surface area contributed by atoms with Crippen molar-refractivity contribution in [2.24, 2.45) is 5.92 Å². The summed E-state index contributed by atoms with van der Waals surface area (Å²) in [7, 11) is 2.70. The molecule has 1 aliphatic carbocycles. The second-order valence-electron chi connectivity index (χ2n) is 29.0. The highest BCUT2D eigenvalue weighted by molar-refractivity contribution is 5.95. The number of ether oxygens (including phenoxy) is 9. The molecule has 2 aliphatic rings. The first-order valence-electron chi connectivity index (χ1n) is 39.9. The average Bonchev–Trinajstić information content (AvgIpc) is 0.750. The van der Waals surface area contributed by atoms with Crippen LogP contribution in [0.3, 0.4) is 0 Å². The van der Waals surface area contributed by atoms with Crippen LogP contribution in [0, 0.1) is 36.3 Å². The molecule has 0 bridgehead atoms. The predicted molar refractivity (Wildman–Crippen MR) is 464 cm³/mol. The Hall–Kier alpha value is -14.2. The maximum atomic E-state index is 12.0. The van der Waals surface area contributed by atoms with Gasteiger partial charge in [0.1, 0.15) is 60.4 Å². The smallest absolute Gasteiger partial charge is 0.415 e. The summed E-state index contributed by atoms with van der Waals surface area (Å²) < 4.78 is 66.2. The second kappa shape index (κ2) is 48.1. The lowest BCUT2D eigenvalue weighted by atomic mass is 9.79. The highest BCUT2D eigenvalue weighted by Gasteiger charge is 2.41. The maximum Gasteiger partial charge on any atom is 0.415 e. The highest BCUT2D eigenvalue weighted by Crippen LogP contribution is 2.45. The van der Waals surface area contributed by atoms with E-state index in [9.17, 15) is 114 Å². The molecule has 130 heavy (non-hydrogen) atoms. The van der Waals surface area contributed by atoms with Gasteiger partial charge >= 0.3 is 70.0 Å². The second-order valence-corrected chi connectivity index (χ2v) is 29.0. The first-order valence-corrected chi connectivity index (χ1v) is 39.9. The van der Waals surface area contributed by atoms with Crippen LogP contribution in [0.15, 0.2) is 134 Å². The summed E-state index contributed by atoms with van der Waals surface area (Å²) >= 11 is 0. The number of fused-ring (bicyclic) bond motifs is 6. The number of carbonyl (C=O) groups is 7. The number of non-ortho nitro benzene ring substituents is 1. The summed E-state index contributed by atoms with van der Waals surface area (Å²) in [6.45, 7) is 17.6. The summed E-state index contributed by atoms with van der Waals surface area (Å²) in [6.07, 6.45) is 0.859. The van der Waals surface area contributed by atoms with Crippen LogP contribution in [-0.4, -0.2) is 127 Å². The Morgan fingerprint density at radius 3 is 1.55 bits per heavy atom. The van der Waals surface area contributed by atoms with E-state index in [1.54, 1.807) is 75.4 Å². The third kappa shape index (κ3) is 26.3. The molecular weight excluding hydrogens is 1710 g/mol. The number of nitro groups is 3. The Bertz CT molecular complexity index is 6070.